The summed E-state index contributed by atoms with van der Waals surface area (Å²) in [6.45, 7) is 3.84. The number of aromatic nitrogens is 2. The Morgan fingerprint density at radius 2 is 2.12 bits per heavy atom. The highest BCUT2D eigenvalue weighted by atomic mass is 16.2. The Morgan fingerprint density at radius 1 is 1.32 bits per heavy atom. The predicted molar refractivity (Wildman–Crippen MR) is 91.7 cm³/mol. The van der Waals surface area contributed by atoms with Gasteiger partial charge in [-0.2, -0.15) is 0 Å². The van der Waals surface area contributed by atoms with Gasteiger partial charge in [0.25, 0.3) is 0 Å². The average Bonchev–Trinajstić information content (AvgIpc) is 2.99. The molecular weight excluding hydrogens is 318 g/mol. The SMILES string of the molecule is CN1C[C@H](C(=O)N2CCc3nc(C4CCNCC4)ncc3C2)CC1=O. The molecule has 134 valence electrons. The molecule has 1 atom stereocenters. The van der Waals surface area contributed by atoms with Crippen LogP contribution < -0.4 is 5.32 Å². The Kier molecular flexibility index (Phi) is 4.41. The lowest BCUT2D eigenvalue weighted by molar-refractivity contribution is -0.136. The lowest BCUT2D eigenvalue weighted by Gasteiger charge is -2.30. The molecule has 0 spiro atoms. The van der Waals surface area contributed by atoms with Gasteiger partial charge in [-0.05, 0) is 25.9 Å². The zero-order chi connectivity index (χ0) is 17.4. The van der Waals surface area contributed by atoms with E-state index in [9.17, 15) is 9.59 Å². The van der Waals surface area contributed by atoms with Crippen molar-refractivity contribution in [1.82, 2.24) is 25.1 Å². The minimum atomic E-state index is -0.200. The van der Waals surface area contributed by atoms with Crippen LogP contribution in [-0.2, 0) is 22.6 Å². The second-order valence-electron chi connectivity index (χ2n) is 7.41. The van der Waals surface area contributed by atoms with Gasteiger partial charge in [-0.1, -0.05) is 0 Å². The molecule has 1 aromatic rings. The van der Waals surface area contributed by atoms with Crippen LogP contribution in [0.3, 0.4) is 0 Å². The van der Waals surface area contributed by atoms with E-state index in [0.717, 1.165) is 49.4 Å². The molecule has 2 fully saturated rings. The Balaban J connectivity index is 1.44. The van der Waals surface area contributed by atoms with Gasteiger partial charge in [-0.3, -0.25) is 9.59 Å². The third kappa shape index (κ3) is 3.25. The molecule has 0 aliphatic carbocycles. The first-order valence-electron chi connectivity index (χ1n) is 9.20. The summed E-state index contributed by atoms with van der Waals surface area (Å²) in [5.74, 6) is 1.36. The van der Waals surface area contributed by atoms with Crippen LogP contribution in [0.4, 0.5) is 0 Å². The normalized spacial score (nSPS) is 24.5. The number of nitrogens with one attached hydrogen (secondary N) is 1. The minimum Gasteiger partial charge on any atom is -0.345 e. The third-order valence-corrected chi connectivity index (χ3v) is 5.66. The number of piperidine rings is 1. The summed E-state index contributed by atoms with van der Waals surface area (Å²) in [6, 6.07) is 0. The van der Waals surface area contributed by atoms with Gasteiger partial charge in [0.15, 0.2) is 0 Å². The maximum atomic E-state index is 12.7. The van der Waals surface area contributed by atoms with Crippen molar-refractivity contribution in [3.8, 4) is 0 Å². The minimum absolute atomic E-state index is 0.0608. The van der Waals surface area contributed by atoms with Gasteiger partial charge in [0.2, 0.25) is 11.8 Å². The van der Waals surface area contributed by atoms with Gasteiger partial charge in [0, 0.05) is 57.2 Å². The first kappa shape index (κ1) is 16.4. The van der Waals surface area contributed by atoms with Gasteiger partial charge in [-0.15, -0.1) is 0 Å². The zero-order valence-corrected chi connectivity index (χ0v) is 14.7. The molecule has 3 aliphatic heterocycles. The zero-order valence-electron chi connectivity index (χ0n) is 14.7. The third-order valence-electron chi connectivity index (χ3n) is 5.66. The maximum absolute atomic E-state index is 12.7. The van der Waals surface area contributed by atoms with E-state index in [-0.39, 0.29) is 17.7 Å². The molecule has 0 bridgehead atoms. The summed E-state index contributed by atoms with van der Waals surface area (Å²) in [6.07, 6.45) is 5.20. The van der Waals surface area contributed by atoms with Crippen molar-refractivity contribution in [2.24, 2.45) is 5.92 Å². The van der Waals surface area contributed by atoms with Crippen molar-refractivity contribution in [3.63, 3.8) is 0 Å². The standard InChI is InChI=1S/C18H25N5O2/c1-22-10-13(8-16(22)24)18(25)23-7-4-15-14(11-23)9-20-17(21-15)12-2-5-19-6-3-12/h9,12-13,19H,2-8,10-11H2,1H3/t13-/m1/s1. The first-order chi connectivity index (χ1) is 12.1. The van der Waals surface area contributed by atoms with E-state index in [1.807, 2.05) is 11.1 Å². The smallest absolute Gasteiger partial charge is 0.228 e. The molecule has 0 radical (unpaired) electrons. The predicted octanol–water partition coefficient (Wildman–Crippen LogP) is 0.307. The van der Waals surface area contributed by atoms with Gasteiger partial charge in [0.05, 0.1) is 11.6 Å². The summed E-state index contributed by atoms with van der Waals surface area (Å²) in [5.41, 5.74) is 2.14. The van der Waals surface area contributed by atoms with E-state index < -0.39 is 0 Å². The van der Waals surface area contributed by atoms with E-state index in [4.69, 9.17) is 4.98 Å². The van der Waals surface area contributed by atoms with Gasteiger partial charge in [-0.25, -0.2) is 9.97 Å². The summed E-state index contributed by atoms with van der Waals surface area (Å²) in [5, 5.41) is 3.37. The number of rotatable bonds is 2. The number of fused-ring (bicyclic) bond motifs is 1. The molecule has 7 heteroatoms. The van der Waals surface area contributed by atoms with Crippen LogP contribution >= 0.6 is 0 Å². The molecule has 2 amide bonds. The molecule has 0 unspecified atom stereocenters. The molecule has 2 saturated heterocycles. The van der Waals surface area contributed by atoms with Crippen LogP contribution in [0.15, 0.2) is 6.20 Å². The van der Waals surface area contributed by atoms with Crippen LogP contribution in [0.25, 0.3) is 0 Å². The Labute approximate surface area is 147 Å². The molecule has 4 rings (SSSR count). The molecule has 1 N–H and O–H groups in total. The fourth-order valence-corrected chi connectivity index (χ4v) is 4.08. The highest BCUT2D eigenvalue weighted by molar-refractivity contribution is 5.89. The number of hydrogen-bond acceptors (Lipinski definition) is 5. The largest absolute Gasteiger partial charge is 0.345 e. The summed E-state index contributed by atoms with van der Waals surface area (Å²) >= 11 is 0. The van der Waals surface area contributed by atoms with Crippen molar-refractivity contribution in [1.29, 1.82) is 0 Å². The fourth-order valence-electron chi connectivity index (χ4n) is 4.08. The number of nitrogens with zero attached hydrogens (tertiary/aromatic N) is 4. The van der Waals surface area contributed by atoms with E-state index in [1.165, 1.54) is 0 Å². The second-order valence-corrected chi connectivity index (χ2v) is 7.41. The number of carbonyl (C=O) groups excluding carboxylic acids is 2. The molecule has 1 aromatic heterocycles. The van der Waals surface area contributed by atoms with E-state index >= 15 is 0 Å². The highest BCUT2D eigenvalue weighted by Crippen LogP contribution is 2.26. The first-order valence-corrected chi connectivity index (χ1v) is 9.20. The summed E-state index contributed by atoms with van der Waals surface area (Å²) < 4.78 is 0. The fraction of sp³-hybridized carbons (Fsp3) is 0.667. The summed E-state index contributed by atoms with van der Waals surface area (Å²) in [4.78, 5) is 37.3. The maximum Gasteiger partial charge on any atom is 0.228 e. The lowest BCUT2D eigenvalue weighted by atomic mass is 9.96. The Morgan fingerprint density at radius 3 is 2.84 bits per heavy atom. The number of amides is 2. The van der Waals surface area contributed by atoms with E-state index in [2.05, 4.69) is 10.3 Å². The van der Waals surface area contributed by atoms with Crippen LogP contribution in [0, 0.1) is 5.92 Å². The van der Waals surface area contributed by atoms with Crippen LogP contribution in [0.2, 0.25) is 0 Å². The average molecular weight is 343 g/mol. The monoisotopic (exact) mass is 343 g/mol. The topological polar surface area (TPSA) is 78.4 Å². The van der Waals surface area contributed by atoms with Gasteiger partial charge in [0.1, 0.15) is 5.82 Å². The lowest BCUT2D eigenvalue weighted by Crippen LogP contribution is -2.41. The molecular formula is C18H25N5O2. The van der Waals surface area contributed by atoms with E-state index in [1.54, 1.807) is 11.9 Å². The van der Waals surface area contributed by atoms with Gasteiger partial charge >= 0.3 is 0 Å². The van der Waals surface area contributed by atoms with Crippen molar-refractivity contribution >= 4 is 11.8 Å². The molecule has 3 aliphatic rings. The second kappa shape index (κ2) is 6.71. The molecule has 4 heterocycles. The number of carbonyl (C=O) groups is 2. The molecule has 25 heavy (non-hydrogen) atoms. The Bertz CT molecular complexity index is 686. The van der Waals surface area contributed by atoms with Crippen LogP contribution in [0.1, 0.15) is 42.3 Å². The van der Waals surface area contributed by atoms with Crippen molar-refractivity contribution in [3.05, 3.63) is 23.3 Å². The summed E-state index contributed by atoms with van der Waals surface area (Å²) in [7, 11) is 1.76. The number of hydrogen-bond donors (Lipinski definition) is 1. The molecule has 7 nitrogen and oxygen atoms in total. The number of likely N-dealkylation sites (tertiary alicyclic amines) is 1. The van der Waals surface area contributed by atoms with Gasteiger partial charge < -0.3 is 15.1 Å². The highest BCUT2D eigenvalue weighted by Gasteiger charge is 2.36. The van der Waals surface area contributed by atoms with Crippen molar-refractivity contribution in [2.75, 3.05) is 33.2 Å². The molecule has 0 saturated carbocycles. The Hall–Kier alpha value is -2.02. The van der Waals surface area contributed by atoms with E-state index in [0.29, 0.717) is 32.0 Å². The van der Waals surface area contributed by atoms with Crippen LogP contribution in [-0.4, -0.2) is 64.8 Å². The van der Waals surface area contributed by atoms with Crippen molar-refractivity contribution in [2.45, 2.75) is 38.1 Å². The van der Waals surface area contributed by atoms with Crippen LogP contribution in [0.5, 0.6) is 0 Å². The molecule has 0 aromatic carbocycles. The quantitative estimate of drug-likeness (QED) is 0.836. The van der Waals surface area contributed by atoms with Crippen molar-refractivity contribution < 1.29 is 9.59 Å².